The van der Waals surface area contributed by atoms with Crippen molar-refractivity contribution < 1.29 is 0 Å². The van der Waals surface area contributed by atoms with Crippen molar-refractivity contribution in [2.45, 2.75) is 25.8 Å². The highest BCUT2D eigenvalue weighted by molar-refractivity contribution is 5.08. The minimum Gasteiger partial charge on any atom is -0.316 e. The number of hydrogen-bond donors (Lipinski definition) is 1. The van der Waals surface area contributed by atoms with E-state index in [1.165, 1.54) is 51.0 Å². The van der Waals surface area contributed by atoms with E-state index in [1.807, 2.05) is 18.5 Å². The molecule has 2 fully saturated rings. The van der Waals surface area contributed by atoms with Crippen LogP contribution in [0.1, 0.15) is 24.8 Å². The first-order valence-electron chi connectivity index (χ1n) is 7.24. The molecule has 0 aliphatic carbocycles. The van der Waals surface area contributed by atoms with Crippen molar-refractivity contribution in [1.82, 2.24) is 15.2 Å². The van der Waals surface area contributed by atoms with E-state index in [4.69, 9.17) is 0 Å². The van der Waals surface area contributed by atoms with Gasteiger partial charge in [0.25, 0.3) is 0 Å². The number of hydrogen-bond acceptors (Lipinski definition) is 3. The van der Waals surface area contributed by atoms with E-state index in [0.29, 0.717) is 0 Å². The molecule has 2 saturated heterocycles. The Hall–Kier alpha value is -0.930. The van der Waals surface area contributed by atoms with Crippen LogP contribution in [-0.4, -0.2) is 36.1 Å². The van der Waals surface area contributed by atoms with Gasteiger partial charge in [0.15, 0.2) is 0 Å². The lowest BCUT2D eigenvalue weighted by Gasteiger charge is -2.34. The second-order valence-corrected chi connectivity index (χ2v) is 5.73. The fourth-order valence-corrected chi connectivity index (χ4v) is 3.41. The van der Waals surface area contributed by atoms with Crippen molar-refractivity contribution in [1.29, 1.82) is 0 Å². The van der Waals surface area contributed by atoms with Crippen LogP contribution in [0, 0.1) is 11.8 Å². The number of rotatable bonds is 3. The third-order valence-corrected chi connectivity index (χ3v) is 4.53. The summed E-state index contributed by atoms with van der Waals surface area (Å²) in [6.07, 6.45) is 8.00. The molecule has 0 spiro atoms. The van der Waals surface area contributed by atoms with E-state index >= 15 is 0 Å². The molecule has 1 atom stereocenters. The molecule has 1 aromatic rings. The predicted molar refractivity (Wildman–Crippen MR) is 73.2 cm³/mol. The molecule has 0 aromatic carbocycles. The second-order valence-electron chi connectivity index (χ2n) is 5.73. The largest absolute Gasteiger partial charge is 0.316 e. The normalized spacial score (nSPS) is 26.6. The average molecular weight is 245 g/mol. The lowest BCUT2D eigenvalue weighted by molar-refractivity contribution is 0.146. The van der Waals surface area contributed by atoms with Crippen LogP contribution in [0.15, 0.2) is 24.5 Å². The summed E-state index contributed by atoms with van der Waals surface area (Å²) in [7, 11) is 0. The van der Waals surface area contributed by atoms with E-state index in [2.05, 4.69) is 21.3 Å². The molecule has 3 heteroatoms. The van der Waals surface area contributed by atoms with Crippen LogP contribution in [0.2, 0.25) is 0 Å². The first-order valence-corrected chi connectivity index (χ1v) is 7.24. The van der Waals surface area contributed by atoms with Gasteiger partial charge < -0.3 is 5.32 Å². The summed E-state index contributed by atoms with van der Waals surface area (Å²) >= 11 is 0. The maximum Gasteiger partial charge on any atom is 0.0312 e. The summed E-state index contributed by atoms with van der Waals surface area (Å²) in [6, 6.07) is 4.21. The fourth-order valence-electron chi connectivity index (χ4n) is 3.41. The topological polar surface area (TPSA) is 28.2 Å². The average Bonchev–Trinajstić information content (AvgIpc) is 2.95. The van der Waals surface area contributed by atoms with E-state index < -0.39 is 0 Å². The second kappa shape index (κ2) is 5.81. The maximum atomic E-state index is 4.19. The number of piperidine rings is 1. The van der Waals surface area contributed by atoms with Gasteiger partial charge >= 0.3 is 0 Å². The zero-order chi connectivity index (χ0) is 12.2. The molecule has 18 heavy (non-hydrogen) atoms. The summed E-state index contributed by atoms with van der Waals surface area (Å²) in [5, 5.41) is 3.50. The van der Waals surface area contributed by atoms with Crippen LogP contribution in [0.3, 0.4) is 0 Å². The van der Waals surface area contributed by atoms with Crippen LogP contribution >= 0.6 is 0 Å². The Bertz CT molecular complexity index is 351. The standard InChI is InChI=1S/C15H23N3/c1-2-13(10-16-6-1)12-18-8-4-14(5-9-18)15-3-7-17-11-15/h1-2,6,10,14-15,17H,3-5,7-9,11-12H2. The Morgan fingerprint density at radius 1 is 1.22 bits per heavy atom. The summed E-state index contributed by atoms with van der Waals surface area (Å²) in [4.78, 5) is 6.77. The molecule has 3 nitrogen and oxygen atoms in total. The Kier molecular flexibility index (Phi) is 3.91. The van der Waals surface area contributed by atoms with Crippen LogP contribution in [0.4, 0.5) is 0 Å². The molecule has 3 heterocycles. The monoisotopic (exact) mass is 245 g/mol. The molecule has 98 valence electrons. The highest BCUT2D eigenvalue weighted by Gasteiger charge is 2.28. The zero-order valence-electron chi connectivity index (χ0n) is 11.0. The minimum absolute atomic E-state index is 0.950. The highest BCUT2D eigenvalue weighted by Crippen LogP contribution is 2.29. The van der Waals surface area contributed by atoms with Gasteiger partial charge in [0.05, 0.1) is 0 Å². The zero-order valence-corrected chi connectivity index (χ0v) is 11.0. The van der Waals surface area contributed by atoms with E-state index in [0.717, 1.165) is 18.4 Å². The molecule has 1 unspecified atom stereocenters. The molecule has 2 aliphatic heterocycles. The molecular weight excluding hydrogens is 222 g/mol. The van der Waals surface area contributed by atoms with E-state index in [1.54, 1.807) is 0 Å². The van der Waals surface area contributed by atoms with Crippen LogP contribution < -0.4 is 5.32 Å². The Morgan fingerprint density at radius 3 is 2.78 bits per heavy atom. The first kappa shape index (κ1) is 12.1. The Labute approximate surface area is 110 Å². The SMILES string of the molecule is c1cncc(CN2CCC(C3CCNC3)CC2)c1. The fraction of sp³-hybridized carbons (Fsp3) is 0.667. The molecule has 0 amide bonds. The van der Waals surface area contributed by atoms with Gasteiger partial charge in [0.1, 0.15) is 0 Å². The summed E-state index contributed by atoms with van der Waals surface area (Å²) in [6.45, 7) is 6.09. The molecule has 0 radical (unpaired) electrons. The molecule has 0 saturated carbocycles. The van der Waals surface area contributed by atoms with Crippen molar-refractivity contribution in [2.24, 2.45) is 11.8 Å². The maximum absolute atomic E-state index is 4.19. The quantitative estimate of drug-likeness (QED) is 0.881. The van der Waals surface area contributed by atoms with Crippen molar-refractivity contribution in [3.05, 3.63) is 30.1 Å². The first-order chi connectivity index (χ1) is 8.92. The third kappa shape index (κ3) is 2.90. The van der Waals surface area contributed by atoms with Gasteiger partial charge in [-0.25, -0.2) is 0 Å². The third-order valence-electron chi connectivity index (χ3n) is 4.53. The van der Waals surface area contributed by atoms with Gasteiger partial charge in [0.2, 0.25) is 0 Å². The molecule has 2 aliphatic rings. The molecule has 3 rings (SSSR count). The van der Waals surface area contributed by atoms with Gasteiger partial charge in [-0.2, -0.15) is 0 Å². The Balaban J connectivity index is 1.48. The smallest absolute Gasteiger partial charge is 0.0312 e. The van der Waals surface area contributed by atoms with Gasteiger partial charge in [-0.15, -0.1) is 0 Å². The molecule has 1 aromatic heterocycles. The number of likely N-dealkylation sites (tertiary alicyclic amines) is 1. The van der Waals surface area contributed by atoms with Crippen molar-refractivity contribution in [2.75, 3.05) is 26.2 Å². The highest BCUT2D eigenvalue weighted by atomic mass is 15.1. The summed E-state index contributed by atoms with van der Waals surface area (Å²) in [5.41, 5.74) is 1.35. The lowest BCUT2D eigenvalue weighted by atomic mass is 9.84. The van der Waals surface area contributed by atoms with Gasteiger partial charge in [-0.1, -0.05) is 6.07 Å². The number of nitrogens with zero attached hydrogens (tertiary/aromatic N) is 2. The lowest BCUT2D eigenvalue weighted by Crippen LogP contribution is -2.36. The molecule has 1 N–H and O–H groups in total. The number of pyridine rings is 1. The van der Waals surface area contributed by atoms with Crippen LogP contribution in [-0.2, 0) is 6.54 Å². The predicted octanol–water partition coefficient (Wildman–Crippen LogP) is 1.90. The summed E-state index contributed by atoms with van der Waals surface area (Å²) in [5.74, 6) is 1.91. The van der Waals surface area contributed by atoms with E-state index in [9.17, 15) is 0 Å². The van der Waals surface area contributed by atoms with Crippen molar-refractivity contribution in [3.63, 3.8) is 0 Å². The number of nitrogens with one attached hydrogen (secondary N) is 1. The summed E-state index contributed by atoms with van der Waals surface area (Å²) < 4.78 is 0. The minimum atomic E-state index is 0.950. The van der Waals surface area contributed by atoms with Crippen LogP contribution in [0.5, 0.6) is 0 Å². The Morgan fingerprint density at radius 2 is 2.11 bits per heavy atom. The van der Waals surface area contributed by atoms with Crippen molar-refractivity contribution in [3.8, 4) is 0 Å². The number of aromatic nitrogens is 1. The van der Waals surface area contributed by atoms with E-state index in [-0.39, 0.29) is 0 Å². The van der Waals surface area contributed by atoms with Gasteiger partial charge in [-0.05, 0) is 68.9 Å². The van der Waals surface area contributed by atoms with Crippen LogP contribution in [0.25, 0.3) is 0 Å². The van der Waals surface area contributed by atoms with Gasteiger partial charge in [0, 0.05) is 18.9 Å². The molecule has 0 bridgehead atoms. The van der Waals surface area contributed by atoms with Gasteiger partial charge in [-0.3, -0.25) is 9.88 Å². The van der Waals surface area contributed by atoms with Crippen molar-refractivity contribution >= 4 is 0 Å². The molecular formula is C15H23N3.